The number of anilines is 1. The van der Waals surface area contributed by atoms with Crippen molar-refractivity contribution in [3.05, 3.63) is 75.6 Å². The molecule has 0 bridgehead atoms. The summed E-state index contributed by atoms with van der Waals surface area (Å²) in [6.07, 6.45) is -1.65. The third-order valence-corrected chi connectivity index (χ3v) is 6.35. The van der Waals surface area contributed by atoms with Gasteiger partial charge in [0, 0.05) is 55.9 Å². The highest BCUT2D eigenvalue weighted by Crippen LogP contribution is 2.41. The highest BCUT2D eigenvalue weighted by Gasteiger charge is 2.37. The number of rotatable bonds is 9. The zero-order valence-corrected chi connectivity index (χ0v) is 22.5. The topological polar surface area (TPSA) is 136 Å². The van der Waals surface area contributed by atoms with Gasteiger partial charge in [-0.15, -0.1) is 0 Å². The molecule has 3 N–H and O–H groups in total. The minimum Gasteiger partial charge on any atom is -0.478 e. The third kappa shape index (κ3) is 9.80. The Morgan fingerprint density at radius 3 is 2.29 bits per heavy atom. The van der Waals surface area contributed by atoms with Crippen LogP contribution in [-0.4, -0.2) is 76.4 Å². The number of hydrogen-bond acceptors (Lipinski definition) is 7. The largest absolute Gasteiger partial charge is 0.478 e. The van der Waals surface area contributed by atoms with Gasteiger partial charge in [-0.3, -0.25) is 9.69 Å². The predicted molar refractivity (Wildman–Crippen MR) is 147 cm³/mol. The lowest BCUT2D eigenvalue weighted by Gasteiger charge is -2.37. The number of nitrogens with zero attached hydrogens (tertiary/aromatic N) is 3. The van der Waals surface area contributed by atoms with Gasteiger partial charge in [0.25, 0.3) is 0 Å². The molecule has 0 unspecified atom stereocenters. The second-order valence-electron chi connectivity index (χ2n) is 8.94. The molecule has 0 spiro atoms. The Morgan fingerprint density at radius 1 is 1.00 bits per heavy atom. The Bertz CT molecular complexity index is 1420. The van der Waals surface area contributed by atoms with Crippen LogP contribution < -0.4 is 15.2 Å². The maximum Gasteiger partial charge on any atom is 0.419 e. The van der Waals surface area contributed by atoms with E-state index in [9.17, 15) is 27.6 Å². The van der Waals surface area contributed by atoms with Crippen LogP contribution in [-0.2, 0) is 15.8 Å². The van der Waals surface area contributed by atoms with Crippen LogP contribution in [0, 0.1) is 0 Å². The zero-order valence-electron chi connectivity index (χ0n) is 21.7. The summed E-state index contributed by atoms with van der Waals surface area (Å²) < 4.78 is 46.0. The number of carboxylic acid groups (broad SMARTS) is 2. The maximum absolute atomic E-state index is 13.4. The van der Waals surface area contributed by atoms with E-state index in [1.54, 1.807) is 23.1 Å². The van der Waals surface area contributed by atoms with Crippen LogP contribution in [0.15, 0.2) is 59.4 Å². The Balaban J connectivity index is 0.000000507. The minimum absolute atomic E-state index is 0.146. The quantitative estimate of drug-likeness (QED) is 0.244. The van der Waals surface area contributed by atoms with Gasteiger partial charge in [0.05, 0.1) is 22.9 Å². The average Bonchev–Trinajstić information content (AvgIpc) is 2.91. The Kier molecular flexibility index (Phi) is 11.1. The molecular weight excluding hydrogens is 569 g/mol. The summed E-state index contributed by atoms with van der Waals surface area (Å²) in [5, 5.41) is 16.2. The van der Waals surface area contributed by atoms with Gasteiger partial charge in [-0.05, 0) is 43.7 Å². The van der Waals surface area contributed by atoms with Crippen LogP contribution in [0.25, 0.3) is 11.0 Å². The lowest BCUT2D eigenvalue weighted by molar-refractivity contribution is -0.137. The molecule has 0 aliphatic carbocycles. The van der Waals surface area contributed by atoms with Gasteiger partial charge in [0.2, 0.25) is 11.4 Å². The van der Waals surface area contributed by atoms with Gasteiger partial charge in [-0.2, -0.15) is 18.2 Å². The van der Waals surface area contributed by atoms with E-state index in [-0.39, 0.29) is 16.3 Å². The molecule has 0 amide bonds. The predicted octanol–water partition coefficient (Wildman–Crippen LogP) is 4.29. The number of halogens is 4. The molecule has 0 radical (unpaired) electrons. The van der Waals surface area contributed by atoms with E-state index >= 15 is 0 Å². The number of nitrogens with one attached hydrogen (secondary N) is 1. The second kappa shape index (κ2) is 14.5. The van der Waals surface area contributed by atoms with Gasteiger partial charge in [0.1, 0.15) is 5.65 Å². The van der Waals surface area contributed by atoms with Crippen LogP contribution in [0.1, 0.15) is 18.4 Å². The molecule has 0 atom stereocenters. The first kappa shape index (κ1) is 31.4. The van der Waals surface area contributed by atoms with E-state index in [0.29, 0.717) is 56.5 Å². The number of aromatic amines is 1. The van der Waals surface area contributed by atoms with Crippen molar-refractivity contribution in [3.8, 4) is 5.88 Å². The van der Waals surface area contributed by atoms with E-state index < -0.39 is 23.7 Å². The van der Waals surface area contributed by atoms with Crippen LogP contribution in [0.5, 0.6) is 5.88 Å². The molecule has 1 aliphatic heterocycles. The summed E-state index contributed by atoms with van der Waals surface area (Å²) in [5.41, 5.74) is -0.334. The molecule has 1 saturated heterocycles. The zero-order chi connectivity index (χ0) is 30.0. The van der Waals surface area contributed by atoms with Crippen LogP contribution in [0.2, 0.25) is 5.02 Å². The number of hydrogen-bond donors (Lipinski definition) is 3. The molecule has 14 heteroatoms. The number of alkyl halides is 3. The molecule has 3 aromatic rings. The fourth-order valence-corrected chi connectivity index (χ4v) is 4.39. The van der Waals surface area contributed by atoms with Gasteiger partial charge in [0.15, 0.2) is 0 Å². The molecule has 1 fully saturated rings. The highest BCUT2D eigenvalue weighted by atomic mass is 35.5. The lowest BCUT2D eigenvalue weighted by atomic mass is 10.1. The molecular formula is C27H28ClF3N4O6. The van der Waals surface area contributed by atoms with E-state index in [1.807, 2.05) is 6.07 Å². The first-order valence-electron chi connectivity index (χ1n) is 12.5. The standard InChI is InChI=1S/C23H24ClF3N4O2.C4H4O4/c24-17-4-3-5-18(21(17)23(25,26)27)31-13-11-30(12-14-31)10-1-2-15-33-20-9-7-16-6-8-19(32)28-22(16)29-20;5-3(6)1-2-4(7)8/h3-9H,1-2,10-15H2,(H,28,29,32);1-2H,(H,5,6)(H,7,8)/b;2-1-. The second-order valence-corrected chi connectivity index (χ2v) is 9.34. The van der Waals surface area contributed by atoms with Crippen molar-refractivity contribution >= 4 is 40.3 Å². The number of benzene rings is 1. The summed E-state index contributed by atoms with van der Waals surface area (Å²) in [6.45, 7) is 3.73. The van der Waals surface area contributed by atoms with Gasteiger partial charge < -0.3 is 24.8 Å². The third-order valence-electron chi connectivity index (χ3n) is 6.03. The summed E-state index contributed by atoms with van der Waals surface area (Å²) in [6, 6.07) is 11.1. The molecule has 1 aliphatic rings. The molecule has 3 heterocycles. The van der Waals surface area contributed by atoms with E-state index in [2.05, 4.69) is 14.9 Å². The fourth-order valence-electron chi connectivity index (χ4n) is 4.12. The number of aliphatic carboxylic acids is 2. The van der Waals surface area contributed by atoms with Crippen LogP contribution in [0.4, 0.5) is 18.9 Å². The van der Waals surface area contributed by atoms with E-state index in [4.69, 9.17) is 26.6 Å². The van der Waals surface area contributed by atoms with Crippen molar-refractivity contribution in [3.63, 3.8) is 0 Å². The van der Waals surface area contributed by atoms with Crippen molar-refractivity contribution in [2.45, 2.75) is 19.0 Å². The Morgan fingerprint density at radius 2 is 1.66 bits per heavy atom. The van der Waals surface area contributed by atoms with Crippen molar-refractivity contribution in [2.24, 2.45) is 0 Å². The Hall–Kier alpha value is -4.10. The lowest BCUT2D eigenvalue weighted by Crippen LogP contribution is -2.47. The number of carbonyl (C=O) groups is 2. The van der Waals surface area contributed by atoms with Gasteiger partial charge in [-0.25, -0.2) is 9.59 Å². The molecule has 1 aromatic carbocycles. The van der Waals surface area contributed by atoms with E-state index in [1.165, 1.54) is 18.2 Å². The number of carboxylic acids is 2. The van der Waals surface area contributed by atoms with Gasteiger partial charge >= 0.3 is 18.1 Å². The van der Waals surface area contributed by atoms with Crippen molar-refractivity contribution in [2.75, 3.05) is 44.2 Å². The molecule has 2 aromatic heterocycles. The Labute approximate surface area is 237 Å². The molecule has 4 rings (SSSR count). The number of fused-ring (bicyclic) bond motifs is 1. The van der Waals surface area contributed by atoms with Crippen molar-refractivity contribution in [1.82, 2.24) is 14.9 Å². The maximum atomic E-state index is 13.4. The van der Waals surface area contributed by atoms with Gasteiger partial charge in [-0.1, -0.05) is 17.7 Å². The summed E-state index contributed by atoms with van der Waals surface area (Å²) >= 11 is 5.85. The first-order valence-corrected chi connectivity index (χ1v) is 12.9. The monoisotopic (exact) mass is 596 g/mol. The number of H-pyrrole nitrogens is 1. The molecule has 220 valence electrons. The molecule has 0 saturated carbocycles. The number of unbranched alkanes of at least 4 members (excludes halogenated alkanes) is 1. The highest BCUT2D eigenvalue weighted by molar-refractivity contribution is 6.31. The SMILES string of the molecule is O=C(O)/C=C\C(=O)O.O=c1ccc2ccc(OCCCCN3CCN(c4cccc(Cl)c4C(F)(F)F)CC3)nc2[nH]1. The van der Waals surface area contributed by atoms with Crippen molar-refractivity contribution < 1.29 is 37.7 Å². The van der Waals surface area contributed by atoms with Crippen LogP contribution >= 0.6 is 11.6 Å². The van der Waals surface area contributed by atoms with Crippen LogP contribution in [0.3, 0.4) is 0 Å². The number of ether oxygens (including phenoxy) is 1. The average molecular weight is 597 g/mol. The molecule has 10 nitrogen and oxygen atoms in total. The summed E-state index contributed by atoms with van der Waals surface area (Å²) in [5.74, 6) is -2.06. The van der Waals surface area contributed by atoms with E-state index in [0.717, 1.165) is 24.8 Å². The number of pyridine rings is 2. The fraction of sp³-hybridized carbons (Fsp3) is 0.333. The minimum atomic E-state index is -4.49. The first-order chi connectivity index (χ1) is 19.4. The molecule has 41 heavy (non-hydrogen) atoms. The number of aromatic nitrogens is 2. The van der Waals surface area contributed by atoms with Crippen molar-refractivity contribution in [1.29, 1.82) is 0 Å². The normalized spacial score (nSPS) is 14.1. The summed E-state index contributed by atoms with van der Waals surface area (Å²) in [4.78, 5) is 41.5. The smallest absolute Gasteiger partial charge is 0.419 e. The summed E-state index contributed by atoms with van der Waals surface area (Å²) in [7, 11) is 0. The number of piperazine rings is 1.